The molecule has 25 heavy (non-hydrogen) atoms. The number of rotatable bonds is 6. The summed E-state index contributed by atoms with van der Waals surface area (Å²) in [6, 6.07) is 11.8. The minimum atomic E-state index is -0.0132. The fourth-order valence-electron chi connectivity index (χ4n) is 3.92. The molecule has 2 heterocycles. The minimum Gasteiger partial charge on any atom is -0.342 e. The smallest absolute Gasteiger partial charge is 0.224 e. The van der Waals surface area contributed by atoms with Crippen molar-refractivity contribution in [3.05, 3.63) is 51.4 Å². The van der Waals surface area contributed by atoms with Gasteiger partial charge >= 0.3 is 0 Å². The van der Waals surface area contributed by atoms with Crippen molar-refractivity contribution in [1.29, 1.82) is 0 Å². The third-order valence-corrected chi connectivity index (χ3v) is 6.31. The van der Waals surface area contributed by atoms with Crippen LogP contribution in [0.1, 0.15) is 55.2 Å². The van der Waals surface area contributed by atoms with Crippen LogP contribution in [0.25, 0.3) is 0 Å². The van der Waals surface area contributed by atoms with Gasteiger partial charge in [0.2, 0.25) is 5.91 Å². The van der Waals surface area contributed by atoms with Gasteiger partial charge < -0.3 is 9.88 Å². The van der Waals surface area contributed by atoms with Crippen molar-refractivity contribution in [2.45, 2.75) is 51.0 Å². The van der Waals surface area contributed by atoms with E-state index in [1.54, 1.807) is 0 Å². The lowest BCUT2D eigenvalue weighted by molar-refractivity contribution is -0.116. The average Bonchev–Trinajstić information content (AvgIpc) is 3.06. The first kappa shape index (κ1) is 18.2. The van der Waals surface area contributed by atoms with Gasteiger partial charge in [0.05, 0.1) is 11.4 Å². The van der Waals surface area contributed by atoms with E-state index in [0.717, 1.165) is 53.5 Å². The Morgan fingerprint density at radius 3 is 2.84 bits per heavy atom. The number of hydrogen-bond acceptors (Lipinski definition) is 2. The standard InChI is InChI=1S/C20H23IN2O2/c1-2-20(11-5-13-23-15(14-24)8-9-18(20)23)12-10-19(25)22-17-7-4-3-6-16(17)21/h3-4,6-9,14H,2,5,10-13H2,1H3,(H,22,25)/t20-/m1/s1. The van der Waals surface area contributed by atoms with E-state index in [0.29, 0.717) is 6.42 Å². The summed E-state index contributed by atoms with van der Waals surface area (Å²) in [6.07, 6.45) is 5.32. The van der Waals surface area contributed by atoms with Gasteiger partial charge in [-0.05, 0) is 72.5 Å². The van der Waals surface area contributed by atoms with Crippen molar-refractivity contribution >= 4 is 40.5 Å². The molecule has 1 aliphatic rings. The Kier molecular flexibility index (Phi) is 5.61. The molecule has 1 aromatic carbocycles. The maximum absolute atomic E-state index is 12.5. The van der Waals surface area contributed by atoms with Crippen molar-refractivity contribution in [1.82, 2.24) is 4.57 Å². The molecule has 0 fully saturated rings. The Bertz CT molecular complexity index is 784. The second kappa shape index (κ2) is 7.72. The van der Waals surface area contributed by atoms with Crippen molar-refractivity contribution in [3.63, 3.8) is 0 Å². The molecule has 4 nitrogen and oxygen atoms in total. The lowest BCUT2D eigenvalue weighted by Crippen LogP contribution is -2.34. The minimum absolute atomic E-state index is 0.0132. The fourth-order valence-corrected chi connectivity index (χ4v) is 4.44. The molecule has 1 N–H and O–H groups in total. The van der Waals surface area contributed by atoms with Crippen LogP contribution in [0.2, 0.25) is 0 Å². The van der Waals surface area contributed by atoms with Crippen LogP contribution in [0.5, 0.6) is 0 Å². The number of fused-ring (bicyclic) bond motifs is 1. The largest absolute Gasteiger partial charge is 0.342 e. The average molecular weight is 450 g/mol. The van der Waals surface area contributed by atoms with E-state index in [-0.39, 0.29) is 11.3 Å². The molecule has 5 heteroatoms. The van der Waals surface area contributed by atoms with Crippen LogP contribution < -0.4 is 5.32 Å². The number of aldehydes is 1. The van der Waals surface area contributed by atoms with Crippen molar-refractivity contribution in [2.24, 2.45) is 0 Å². The zero-order chi connectivity index (χ0) is 17.9. The summed E-state index contributed by atoms with van der Waals surface area (Å²) in [7, 11) is 0. The second-order valence-electron chi connectivity index (χ2n) is 6.68. The normalized spacial score (nSPS) is 19.3. The Labute approximate surface area is 162 Å². The molecular formula is C20H23IN2O2. The Morgan fingerprint density at radius 2 is 2.12 bits per heavy atom. The summed E-state index contributed by atoms with van der Waals surface area (Å²) in [5, 5.41) is 3.02. The summed E-state index contributed by atoms with van der Waals surface area (Å²) in [5.41, 5.74) is 2.82. The number of anilines is 1. The van der Waals surface area contributed by atoms with E-state index in [2.05, 4.69) is 45.5 Å². The number of benzene rings is 1. The van der Waals surface area contributed by atoms with Gasteiger partial charge in [-0.2, -0.15) is 0 Å². The molecule has 1 amide bonds. The number of nitrogens with one attached hydrogen (secondary N) is 1. The van der Waals surface area contributed by atoms with Gasteiger partial charge in [0.25, 0.3) is 0 Å². The quantitative estimate of drug-likeness (QED) is 0.510. The van der Waals surface area contributed by atoms with Crippen molar-refractivity contribution in [2.75, 3.05) is 5.32 Å². The van der Waals surface area contributed by atoms with Crippen LogP contribution in [-0.4, -0.2) is 16.8 Å². The van der Waals surface area contributed by atoms with Gasteiger partial charge in [-0.25, -0.2) is 0 Å². The van der Waals surface area contributed by atoms with Crippen LogP contribution in [0, 0.1) is 3.57 Å². The molecule has 0 bridgehead atoms. The monoisotopic (exact) mass is 450 g/mol. The van der Waals surface area contributed by atoms with Crippen LogP contribution in [0.4, 0.5) is 5.69 Å². The van der Waals surface area contributed by atoms with Crippen LogP contribution in [0.15, 0.2) is 36.4 Å². The second-order valence-corrected chi connectivity index (χ2v) is 7.84. The highest BCUT2D eigenvalue weighted by atomic mass is 127. The lowest BCUT2D eigenvalue weighted by atomic mass is 9.72. The molecule has 3 rings (SSSR count). The number of hydrogen-bond donors (Lipinski definition) is 1. The topological polar surface area (TPSA) is 51.1 Å². The Hall–Kier alpha value is -1.63. The molecule has 1 atom stereocenters. The van der Waals surface area contributed by atoms with Crippen LogP contribution in [-0.2, 0) is 16.8 Å². The predicted molar refractivity (Wildman–Crippen MR) is 108 cm³/mol. The zero-order valence-electron chi connectivity index (χ0n) is 14.4. The van der Waals surface area contributed by atoms with Gasteiger partial charge in [-0.1, -0.05) is 19.1 Å². The molecule has 0 saturated heterocycles. The Morgan fingerprint density at radius 1 is 1.32 bits per heavy atom. The summed E-state index contributed by atoms with van der Waals surface area (Å²) in [4.78, 5) is 23.7. The Balaban J connectivity index is 1.73. The number of para-hydroxylation sites is 1. The molecule has 1 aromatic heterocycles. The van der Waals surface area contributed by atoms with Crippen molar-refractivity contribution in [3.8, 4) is 0 Å². The number of halogens is 1. The summed E-state index contributed by atoms with van der Waals surface area (Å²) < 4.78 is 3.18. The molecule has 1 aliphatic heterocycles. The molecule has 132 valence electrons. The zero-order valence-corrected chi connectivity index (χ0v) is 16.6. The molecular weight excluding hydrogens is 427 g/mol. The maximum Gasteiger partial charge on any atom is 0.224 e. The van der Waals surface area contributed by atoms with E-state index in [9.17, 15) is 9.59 Å². The van der Waals surface area contributed by atoms with E-state index < -0.39 is 0 Å². The molecule has 0 saturated carbocycles. The number of carbonyl (C=O) groups excluding carboxylic acids is 2. The van der Waals surface area contributed by atoms with E-state index >= 15 is 0 Å². The molecule has 0 spiro atoms. The molecule has 2 aromatic rings. The van der Waals surface area contributed by atoms with Crippen LogP contribution >= 0.6 is 22.6 Å². The number of amides is 1. The third kappa shape index (κ3) is 3.66. The highest BCUT2D eigenvalue weighted by Gasteiger charge is 2.36. The molecule has 0 unspecified atom stereocenters. The summed E-state index contributed by atoms with van der Waals surface area (Å²) in [5.74, 6) is 0.0521. The summed E-state index contributed by atoms with van der Waals surface area (Å²) in [6.45, 7) is 3.08. The maximum atomic E-state index is 12.5. The van der Waals surface area contributed by atoms with Gasteiger partial charge in [-0.15, -0.1) is 0 Å². The van der Waals surface area contributed by atoms with Gasteiger partial charge in [0.15, 0.2) is 6.29 Å². The predicted octanol–water partition coefficient (Wildman–Crippen LogP) is 4.77. The third-order valence-electron chi connectivity index (χ3n) is 5.37. The molecule has 0 aliphatic carbocycles. The highest BCUT2D eigenvalue weighted by molar-refractivity contribution is 14.1. The fraction of sp³-hybridized carbons (Fsp3) is 0.400. The summed E-state index contributed by atoms with van der Waals surface area (Å²) >= 11 is 2.23. The SMILES string of the molecule is CC[C@]1(CCC(=O)Nc2ccccc2I)CCCn2c(C=O)ccc21. The first-order valence-electron chi connectivity index (χ1n) is 8.79. The van der Waals surface area contributed by atoms with Gasteiger partial charge in [0, 0.05) is 27.6 Å². The number of aromatic nitrogens is 1. The number of carbonyl (C=O) groups is 2. The van der Waals surface area contributed by atoms with Crippen LogP contribution in [0.3, 0.4) is 0 Å². The van der Waals surface area contributed by atoms with Crippen molar-refractivity contribution < 1.29 is 9.59 Å². The van der Waals surface area contributed by atoms with E-state index in [1.807, 2.05) is 30.3 Å². The highest BCUT2D eigenvalue weighted by Crippen LogP contribution is 2.41. The molecule has 0 radical (unpaired) electrons. The number of nitrogens with zero attached hydrogens (tertiary/aromatic N) is 1. The first-order chi connectivity index (χ1) is 12.1. The van der Waals surface area contributed by atoms with Gasteiger partial charge in [-0.3, -0.25) is 9.59 Å². The van der Waals surface area contributed by atoms with E-state index in [4.69, 9.17) is 0 Å². The first-order valence-corrected chi connectivity index (χ1v) is 9.87. The van der Waals surface area contributed by atoms with Gasteiger partial charge in [0.1, 0.15) is 0 Å². The lowest BCUT2D eigenvalue weighted by Gasteiger charge is -2.38. The van der Waals surface area contributed by atoms with E-state index in [1.165, 1.54) is 5.69 Å².